The standard InChI is InChI=1S/C9H12Si/c1-4-8-6-7-10(3)9(8)5-2/h4-7,10H,1-2H2,3H3. The molecule has 0 aromatic carbocycles. The minimum Gasteiger partial charge on any atom is -0.0992 e. The average Bonchev–Trinajstić information content (AvgIpc) is 2.30. The van der Waals surface area contributed by atoms with Gasteiger partial charge in [0.2, 0.25) is 0 Å². The Labute approximate surface area is 63.9 Å². The first kappa shape index (κ1) is 7.29. The fraction of sp³-hybridized carbons (Fsp3) is 0.111. The summed E-state index contributed by atoms with van der Waals surface area (Å²) in [7, 11) is -0.730. The van der Waals surface area contributed by atoms with E-state index in [0.29, 0.717) is 0 Å². The van der Waals surface area contributed by atoms with Gasteiger partial charge in [0, 0.05) is 0 Å². The Morgan fingerprint density at radius 3 is 2.50 bits per heavy atom. The highest BCUT2D eigenvalue weighted by Gasteiger charge is 2.11. The first-order chi connectivity index (χ1) is 4.79. The van der Waals surface area contributed by atoms with E-state index in [0.717, 1.165) is 0 Å². The van der Waals surface area contributed by atoms with Gasteiger partial charge < -0.3 is 0 Å². The van der Waals surface area contributed by atoms with Crippen LogP contribution in [0.25, 0.3) is 0 Å². The Kier molecular flexibility index (Phi) is 2.07. The van der Waals surface area contributed by atoms with Gasteiger partial charge in [-0.1, -0.05) is 48.8 Å². The van der Waals surface area contributed by atoms with E-state index in [1.165, 1.54) is 10.8 Å². The van der Waals surface area contributed by atoms with Crippen LogP contribution in [0.4, 0.5) is 0 Å². The zero-order valence-corrected chi connectivity index (χ0v) is 7.46. The lowest BCUT2D eigenvalue weighted by molar-refractivity contribution is 1.70. The van der Waals surface area contributed by atoms with E-state index in [9.17, 15) is 0 Å². The van der Waals surface area contributed by atoms with Crippen molar-refractivity contribution in [2.45, 2.75) is 6.55 Å². The summed E-state index contributed by atoms with van der Waals surface area (Å²) in [5, 5.41) is 1.43. The molecule has 52 valence electrons. The van der Waals surface area contributed by atoms with Gasteiger partial charge in [-0.25, -0.2) is 0 Å². The highest BCUT2D eigenvalue weighted by atomic mass is 28.3. The average molecular weight is 148 g/mol. The third kappa shape index (κ3) is 1.05. The van der Waals surface area contributed by atoms with Gasteiger partial charge in [0.1, 0.15) is 0 Å². The predicted molar refractivity (Wildman–Crippen MR) is 49.6 cm³/mol. The molecule has 1 unspecified atom stereocenters. The van der Waals surface area contributed by atoms with E-state index in [1.807, 2.05) is 12.2 Å². The van der Waals surface area contributed by atoms with Crippen LogP contribution in [0.5, 0.6) is 0 Å². The molecule has 0 aromatic rings. The second kappa shape index (κ2) is 2.84. The van der Waals surface area contributed by atoms with Crippen molar-refractivity contribution in [3.63, 3.8) is 0 Å². The topological polar surface area (TPSA) is 0 Å². The highest BCUT2D eigenvalue weighted by molar-refractivity contribution is 6.72. The van der Waals surface area contributed by atoms with Gasteiger partial charge in [-0.2, -0.15) is 0 Å². The van der Waals surface area contributed by atoms with Gasteiger partial charge in [0.05, 0.1) is 8.80 Å². The minimum atomic E-state index is -0.730. The molecule has 0 N–H and O–H groups in total. The van der Waals surface area contributed by atoms with Crippen LogP contribution in [-0.2, 0) is 0 Å². The Morgan fingerprint density at radius 2 is 2.10 bits per heavy atom. The lowest BCUT2D eigenvalue weighted by Crippen LogP contribution is -2.02. The summed E-state index contributed by atoms with van der Waals surface area (Å²) in [6, 6.07) is 0. The van der Waals surface area contributed by atoms with E-state index in [1.54, 1.807) is 0 Å². The summed E-state index contributed by atoms with van der Waals surface area (Å²) < 4.78 is 0. The molecule has 1 heterocycles. The third-order valence-corrected chi connectivity index (χ3v) is 4.15. The zero-order valence-electron chi connectivity index (χ0n) is 6.30. The van der Waals surface area contributed by atoms with E-state index in [-0.39, 0.29) is 0 Å². The van der Waals surface area contributed by atoms with Crippen molar-refractivity contribution in [3.05, 3.63) is 47.9 Å². The quantitative estimate of drug-likeness (QED) is 0.526. The summed E-state index contributed by atoms with van der Waals surface area (Å²) in [5.41, 5.74) is 3.57. The number of hydrogen-bond acceptors (Lipinski definition) is 0. The molecular formula is C9H12Si. The third-order valence-electron chi connectivity index (χ3n) is 1.83. The maximum absolute atomic E-state index is 3.78. The van der Waals surface area contributed by atoms with Crippen LogP contribution in [0.2, 0.25) is 6.55 Å². The SMILES string of the molecule is C=CC1=C(C=C)[SiH](C)C=C1. The van der Waals surface area contributed by atoms with Crippen LogP contribution in [0, 0.1) is 0 Å². The fourth-order valence-electron chi connectivity index (χ4n) is 1.20. The molecule has 1 aliphatic rings. The molecule has 0 spiro atoms. The molecule has 10 heavy (non-hydrogen) atoms. The second-order valence-electron chi connectivity index (χ2n) is 2.47. The first-order valence-corrected chi connectivity index (χ1v) is 5.86. The van der Waals surface area contributed by atoms with Crippen LogP contribution in [0.15, 0.2) is 47.9 Å². The fourth-order valence-corrected chi connectivity index (χ4v) is 3.02. The maximum Gasteiger partial charge on any atom is 0.0917 e. The van der Waals surface area contributed by atoms with E-state index in [2.05, 4.69) is 31.5 Å². The van der Waals surface area contributed by atoms with Gasteiger partial charge in [0.15, 0.2) is 0 Å². The summed E-state index contributed by atoms with van der Waals surface area (Å²) in [5.74, 6) is 0. The second-order valence-corrected chi connectivity index (χ2v) is 5.05. The molecule has 0 saturated heterocycles. The van der Waals surface area contributed by atoms with Crippen molar-refractivity contribution < 1.29 is 0 Å². The number of allylic oxidation sites excluding steroid dienone is 5. The molecule has 0 amide bonds. The van der Waals surface area contributed by atoms with E-state index >= 15 is 0 Å². The first-order valence-electron chi connectivity index (χ1n) is 3.47. The molecule has 1 atom stereocenters. The van der Waals surface area contributed by atoms with Crippen molar-refractivity contribution >= 4 is 8.80 Å². The molecule has 0 saturated carbocycles. The molecule has 0 fully saturated rings. The van der Waals surface area contributed by atoms with Gasteiger partial charge >= 0.3 is 0 Å². The largest absolute Gasteiger partial charge is 0.0992 e. The molecular weight excluding hydrogens is 136 g/mol. The van der Waals surface area contributed by atoms with Crippen molar-refractivity contribution in [1.29, 1.82) is 0 Å². The van der Waals surface area contributed by atoms with Crippen LogP contribution in [0.1, 0.15) is 0 Å². The van der Waals surface area contributed by atoms with Crippen molar-refractivity contribution in [2.75, 3.05) is 0 Å². The van der Waals surface area contributed by atoms with Crippen LogP contribution in [0.3, 0.4) is 0 Å². The van der Waals surface area contributed by atoms with Gasteiger partial charge in [-0.3, -0.25) is 0 Å². The molecule has 0 radical (unpaired) electrons. The van der Waals surface area contributed by atoms with Crippen molar-refractivity contribution in [1.82, 2.24) is 0 Å². The lowest BCUT2D eigenvalue weighted by atomic mass is 10.2. The van der Waals surface area contributed by atoms with Gasteiger partial charge in [0.25, 0.3) is 0 Å². The Bertz CT molecular complexity index is 221. The zero-order chi connectivity index (χ0) is 7.56. The number of hydrogen-bond donors (Lipinski definition) is 0. The molecule has 1 heteroatoms. The minimum absolute atomic E-state index is 0.730. The van der Waals surface area contributed by atoms with Crippen LogP contribution < -0.4 is 0 Å². The van der Waals surface area contributed by atoms with Crippen molar-refractivity contribution in [2.24, 2.45) is 0 Å². The molecule has 0 aromatic heterocycles. The molecule has 0 aliphatic carbocycles. The smallest absolute Gasteiger partial charge is 0.0917 e. The lowest BCUT2D eigenvalue weighted by Gasteiger charge is -2.00. The predicted octanol–water partition coefficient (Wildman–Crippen LogP) is 2.16. The summed E-state index contributed by atoms with van der Waals surface area (Å²) in [4.78, 5) is 0. The van der Waals surface area contributed by atoms with E-state index < -0.39 is 8.80 Å². The van der Waals surface area contributed by atoms with Crippen molar-refractivity contribution in [3.8, 4) is 0 Å². The normalized spacial score (nSPS) is 23.5. The van der Waals surface area contributed by atoms with Gasteiger partial charge in [-0.15, -0.1) is 0 Å². The van der Waals surface area contributed by atoms with E-state index in [4.69, 9.17) is 0 Å². The number of rotatable bonds is 2. The molecule has 0 bridgehead atoms. The molecule has 0 nitrogen and oxygen atoms in total. The Balaban J connectivity index is 3.00. The van der Waals surface area contributed by atoms with Gasteiger partial charge in [-0.05, 0) is 5.57 Å². The Morgan fingerprint density at radius 1 is 1.40 bits per heavy atom. The molecule has 1 rings (SSSR count). The summed E-state index contributed by atoms with van der Waals surface area (Å²) in [6.45, 7) is 9.82. The maximum atomic E-state index is 3.78. The Hall–Kier alpha value is -0.823. The highest BCUT2D eigenvalue weighted by Crippen LogP contribution is 2.19. The molecule has 1 aliphatic heterocycles. The monoisotopic (exact) mass is 148 g/mol. The van der Waals surface area contributed by atoms with Crippen LogP contribution >= 0.6 is 0 Å². The summed E-state index contributed by atoms with van der Waals surface area (Å²) in [6.07, 6.45) is 6.03. The summed E-state index contributed by atoms with van der Waals surface area (Å²) >= 11 is 0. The van der Waals surface area contributed by atoms with Crippen LogP contribution in [-0.4, -0.2) is 8.80 Å².